The molecule has 2 unspecified atom stereocenters. The van der Waals surface area contributed by atoms with Crippen molar-refractivity contribution in [3.05, 3.63) is 60.2 Å². The highest BCUT2D eigenvalue weighted by atomic mass is 16.5. The van der Waals surface area contributed by atoms with Crippen LogP contribution in [0.2, 0.25) is 0 Å². The highest BCUT2D eigenvalue weighted by Crippen LogP contribution is 2.27. The molecule has 0 aliphatic carbocycles. The smallest absolute Gasteiger partial charge is 0.258 e. The normalized spacial score (nSPS) is 19.6. The minimum absolute atomic E-state index is 0.00990. The largest absolute Gasteiger partial charge is 0.485 e. The first-order valence-corrected chi connectivity index (χ1v) is 9.12. The number of amides is 1. The molecular formula is C21H26N2O3. The lowest BCUT2D eigenvalue weighted by Crippen LogP contribution is -2.47. The van der Waals surface area contributed by atoms with E-state index in [1.165, 1.54) is 0 Å². The van der Waals surface area contributed by atoms with Gasteiger partial charge in [-0.15, -0.1) is 0 Å². The Morgan fingerprint density at radius 1 is 1.08 bits per heavy atom. The monoisotopic (exact) mass is 354 g/mol. The van der Waals surface area contributed by atoms with Gasteiger partial charge in [0.1, 0.15) is 6.61 Å². The molecule has 5 heteroatoms. The summed E-state index contributed by atoms with van der Waals surface area (Å²) < 4.78 is 11.6. The molecule has 2 atom stereocenters. The zero-order valence-electron chi connectivity index (χ0n) is 15.1. The molecule has 2 N–H and O–H groups in total. The van der Waals surface area contributed by atoms with Crippen LogP contribution in [0, 0.1) is 0 Å². The molecule has 0 spiro atoms. The van der Waals surface area contributed by atoms with Crippen molar-refractivity contribution in [2.24, 2.45) is 0 Å². The Hall–Kier alpha value is -2.53. The third-order valence-corrected chi connectivity index (χ3v) is 4.43. The third-order valence-electron chi connectivity index (χ3n) is 4.43. The van der Waals surface area contributed by atoms with Crippen molar-refractivity contribution in [1.29, 1.82) is 0 Å². The Morgan fingerprint density at radius 3 is 2.50 bits per heavy atom. The first kappa shape index (κ1) is 18.3. The fourth-order valence-corrected chi connectivity index (χ4v) is 3.10. The molecular weight excluding hydrogens is 328 g/mol. The fraction of sp³-hybridized carbons (Fsp3) is 0.381. The van der Waals surface area contributed by atoms with Crippen molar-refractivity contribution in [2.45, 2.75) is 38.5 Å². The number of para-hydroxylation sites is 2. The van der Waals surface area contributed by atoms with Crippen LogP contribution in [0.1, 0.15) is 25.3 Å². The van der Waals surface area contributed by atoms with Crippen molar-refractivity contribution >= 4 is 5.91 Å². The maximum atomic E-state index is 12.2. The fourth-order valence-electron chi connectivity index (χ4n) is 3.10. The summed E-state index contributed by atoms with van der Waals surface area (Å²) in [6.07, 6.45) is 1.90. The second-order valence-corrected chi connectivity index (χ2v) is 6.65. The number of piperidine rings is 1. The highest BCUT2D eigenvalue weighted by Gasteiger charge is 2.20. The second-order valence-electron chi connectivity index (χ2n) is 6.65. The van der Waals surface area contributed by atoms with Gasteiger partial charge in [-0.05, 0) is 44.0 Å². The van der Waals surface area contributed by atoms with E-state index in [1.54, 1.807) is 0 Å². The molecule has 2 aromatic carbocycles. The number of hydrogen-bond acceptors (Lipinski definition) is 4. The number of ether oxygens (including phenoxy) is 2. The van der Waals surface area contributed by atoms with Gasteiger partial charge in [0.25, 0.3) is 5.91 Å². The van der Waals surface area contributed by atoms with Crippen LogP contribution in [-0.4, -0.2) is 31.1 Å². The maximum Gasteiger partial charge on any atom is 0.258 e. The first-order chi connectivity index (χ1) is 12.7. The van der Waals surface area contributed by atoms with Crippen LogP contribution < -0.4 is 20.1 Å². The number of carbonyl (C=O) groups is 1. The van der Waals surface area contributed by atoms with Gasteiger partial charge < -0.3 is 20.1 Å². The van der Waals surface area contributed by atoms with Crippen LogP contribution in [0.5, 0.6) is 11.5 Å². The summed E-state index contributed by atoms with van der Waals surface area (Å²) in [6.45, 7) is 3.52. The van der Waals surface area contributed by atoms with Gasteiger partial charge in [-0.25, -0.2) is 0 Å². The molecule has 3 rings (SSSR count). The second kappa shape index (κ2) is 9.25. The topological polar surface area (TPSA) is 59.6 Å². The van der Waals surface area contributed by atoms with Crippen molar-refractivity contribution in [3.8, 4) is 11.5 Å². The highest BCUT2D eigenvalue weighted by molar-refractivity contribution is 5.78. The molecule has 1 aliphatic rings. The lowest BCUT2D eigenvalue weighted by Gasteiger charge is -2.28. The van der Waals surface area contributed by atoms with Gasteiger partial charge >= 0.3 is 0 Å². The standard InChI is InChI=1S/C21H26N2O3/c1-16-13-18(11-12-22-16)23-21(24)15-26-20-10-6-5-9-19(20)25-14-17-7-3-2-4-8-17/h2-10,16,18,22H,11-15H2,1H3,(H,23,24). The van der Waals surface area contributed by atoms with Crippen LogP contribution in [0.4, 0.5) is 0 Å². The molecule has 0 aromatic heterocycles. The lowest BCUT2D eigenvalue weighted by atomic mass is 10.0. The summed E-state index contributed by atoms with van der Waals surface area (Å²) in [5.41, 5.74) is 1.08. The van der Waals surface area contributed by atoms with E-state index < -0.39 is 0 Å². The summed E-state index contributed by atoms with van der Waals surface area (Å²) in [4.78, 5) is 12.2. The lowest BCUT2D eigenvalue weighted by molar-refractivity contribution is -0.124. The molecule has 0 bridgehead atoms. The van der Waals surface area contributed by atoms with Crippen LogP contribution >= 0.6 is 0 Å². The molecule has 5 nitrogen and oxygen atoms in total. The summed E-state index contributed by atoms with van der Waals surface area (Å²) in [7, 11) is 0. The van der Waals surface area contributed by atoms with Crippen molar-refractivity contribution in [1.82, 2.24) is 10.6 Å². The van der Waals surface area contributed by atoms with Gasteiger partial charge in [-0.1, -0.05) is 42.5 Å². The summed E-state index contributed by atoms with van der Waals surface area (Å²) in [5.74, 6) is 1.12. The van der Waals surface area contributed by atoms with Gasteiger partial charge in [0.05, 0.1) is 0 Å². The van der Waals surface area contributed by atoms with Crippen LogP contribution in [0.15, 0.2) is 54.6 Å². The van der Waals surface area contributed by atoms with Gasteiger partial charge in [0.15, 0.2) is 18.1 Å². The van der Waals surface area contributed by atoms with Crippen LogP contribution in [0.3, 0.4) is 0 Å². The van der Waals surface area contributed by atoms with Gasteiger partial charge in [-0.2, -0.15) is 0 Å². The Kier molecular flexibility index (Phi) is 6.50. The van der Waals surface area contributed by atoms with E-state index in [0.29, 0.717) is 24.1 Å². The third kappa shape index (κ3) is 5.49. The van der Waals surface area contributed by atoms with Crippen molar-refractivity contribution in [2.75, 3.05) is 13.2 Å². The zero-order valence-corrected chi connectivity index (χ0v) is 15.1. The van der Waals surface area contributed by atoms with E-state index >= 15 is 0 Å². The van der Waals surface area contributed by atoms with Gasteiger partial charge in [-0.3, -0.25) is 4.79 Å². The van der Waals surface area contributed by atoms with Gasteiger partial charge in [0.2, 0.25) is 0 Å². The molecule has 0 saturated carbocycles. The predicted molar refractivity (Wildman–Crippen MR) is 101 cm³/mol. The van der Waals surface area contributed by atoms with E-state index in [0.717, 1.165) is 24.9 Å². The first-order valence-electron chi connectivity index (χ1n) is 9.12. The summed E-state index contributed by atoms with van der Waals surface area (Å²) in [6, 6.07) is 18.0. The molecule has 1 saturated heterocycles. The zero-order chi connectivity index (χ0) is 18.2. The summed E-state index contributed by atoms with van der Waals surface area (Å²) >= 11 is 0. The number of benzene rings is 2. The SMILES string of the molecule is CC1CC(NC(=O)COc2ccccc2OCc2ccccc2)CCN1. The number of rotatable bonds is 7. The molecule has 1 fully saturated rings. The van der Waals surface area contributed by atoms with Crippen LogP contribution in [-0.2, 0) is 11.4 Å². The minimum atomic E-state index is -0.0954. The van der Waals surface area contributed by atoms with E-state index in [-0.39, 0.29) is 18.6 Å². The molecule has 26 heavy (non-hydrogen) atoms. The minimum Gasteiger partial charge on any atom is -0.485 e. The Morgan fingerprint density at radius 2 is 1.77 bits per heavy atom. The average molecular weight is 354 g/mol. The average Bonchev–Trinajstić information content (AvgIpc) is 2.66. The number of hydrogen-bond donors (Lipinski definition) is 2. The molecule has 0 radical (unpaired) electrons. The van der Waals surface area contributed by atoms with Crippen molar-refractivity contribution in [3.63, 3.8) is 0 Å². The Balaban J connectivity index is 1.50. The molecule has 1 heterocycles. The van der Waals surface area contributed by atoms with Crippen molar-refractivity contribution < 1.29 is 14.3 Å². The summed E-state index contributed by atoms with van der Waals surface area (Å²) in [5, 5.41) is 6.43. The predicted octanol–water partition coefficient (Wildman–Crippen LogP) is 2.90. The maximum absolute atomic E-state index is 12.2. The van der Waals surface area contributed by atoms with E-state index in [4.69, 9.17) is 9.47 Å². The van der Waals surface area contributed by atoms with E-state index in [1.807, 2.05) is 54.6 Å². The molecule has 1 aliphatic heterocycles. The number of carbonyl (C=O) groups excluding carboxylic acids is 1. The Labute approximate surface area is 154 Å². The Bertz CT molecular complexity index is 705. The number of nitrogens with one attached hydrogen (secondary N) is 2. The molecule has 138 valence electrons. The van der Waals surface area contributed by atoms with E-state index in [2.05, 4.69) is 17.6 Å². The van der Waals surface area contributed by atoms with E-state index in [9.17, 15) is 4.79 Å². The van der Waals surface area contributed by atoms with Crippen LogP contribution in [0.25, 0.3) is 0 Å². The van der Waals surface area contributed by atoms with Gasteiger partial charge in [0, 0.05) is 12.1 Å². The molecule has 1 amide bonds. The molecule has 2 aromatic rings. The quantitative estimate of drug-likeness (QED) is 0.803.